The molecule has 3 N–H and O–H groups in total. The summed E-state index contributed by atoms with van der Waals surface area (Å²) in [6.45, 7) is 2.08. The fourth-order valence-electron chi connectivity index (χ4n) is 2.54. The highest BCUT2D eigenvalue weighted by atomic mass is 16.2. The van der Waals surface area contributed by atoms with E-state index in [1.807, 2.05) is 24.4 Å². The van der Waals surface area contributed by atoms with Crippen molar-refractivity contribution in [3.8, 4) is 11.4 Å². The second kappa shape index (κ2) is 4.85. The van der Waals surface area contributed by atoms with Crippen molar-refractivity contribution in [2.75, 3.05) is 0 Å². The van der Waals surface area contributed by atoms with Gasteiger partial charge in [0.2, 0.25) is 5.91 Å². The molecule has 2 aromatic rings. The van der Waals surface area contributed by atoms with E-state index in [0.29, 0.717) is 6.42 Å². The summed E-state index contributed by atoms with van der Waals surface area (Å²) in [5.74, 6) is 1.13. The Bertz CT molecular complexity index is 579. The summed E-state index contributed by atoms with van der Waals surface area (Å²) in [6.07, 6.45) is 4.08. The maximum atomic E-state index is 11.4. The van der Waals surface area contributed by atoms with E-state index in [4.69, 9.17) is 0 Å². The van der Waals surface area contributed by atoms with E-state index in [2.05, 4.69) is 33.8 Å². The number of nitrogens with zero attached hydrogens (tertiary/aromatic N) is 1. The first-order valence-electron chi connectivity index (χ1n) is 6.39. The van der Waals surface area contributed by atoms with Gasteiger partial charge >= 0.3 is 0 Å². The van der Waals surface area contributed by atoms with Gasteiger partial charge in [0.15, 0.2) is 0 Å². The molecule has 2 unspecified atom stereocenters. The van der Waals surface area contributed by atoms with Gasteiger partial charge in [0.25, 0.3) is 0 Å². The predicted octanol–water partition coefficient (Wildman–Crippen LogP) is 1.78. The third-order valence-corrected chi connectivity index (χ3v) is 3.49. The number of carbonyl (C=O) groups excluding carboxylic acids is 1. The summed E-state index contributed by atoms with van der Waals surface area (Å²) >= 11 is 0. The zero-order valence-electron chi connectivity index (χ0n) is 10.7. The van der Waals surface area contributed by atoms with Crippen LogP contribution in [0.4, 0.5) is 0 Å². The molecule has 1 saturated heterocycles. The van der Waals surface area contributed by atoms with Crippen LogP contribution in [0.1, 0.15) is 24.9 Å². The fraction of sp³-hybridized carbons (Fsp3) is 0.286. The van der Waals surface area contributed by atoms with E-state index in [-0.39, 0.29) is 17.9 Å². The van der Waals surface area contributed by atoms with E-state index in [9.17, 15) is 4.79 Å². The maximum absolute atomic E-state index is 11.4. The van der Waals surface area contributed by atoms with Crippen molar-refractivity contribution in [3.05, 3.63) is 42.2 Å². The Kier molecular flexibility index (Phi) is 3.05. The molecule has 0 bridgehead atoms. The summed E-state index contributed by atoms with van der Waals surface area (Å²) in [7, 11) is 0. The van der Waals surface area contributed by atoms with Gasteiger partial charge in [0, 0.05) is 24.4 Å². The highest BCUT2D eigenvalue weighted by molar-refractivity contribution is 5.77. The van der Waals surface area contributed by atoms with Gasteiger partial charge in [-0.1, -0.05) is 31.2 Å². The van der Waals surface area contributed by atoms with Gasteiger partial charge in [-0.05, 0) is 11.5 Å². The molecule has 0 aliphatic carbocycles. The number of benzene rings is 1. The zero-order chi connectivity index (χ0) is 13.2. The van der Waals surface area contributed by atoms with Crippen LogP contribution >= 0.6 is 0 Å². The molecule has 0 spiro atoms. The van der Waals surface area contributed by atoms with Crippen molar-refractivity contribution in [2.24, 2.45) is 5.92 Å². The van der Waals surface area contributed by atoms with Gasteiger partial charge in [-0.2, -0.15) is 0 Å². The fourth-order valence-corrected chi connectivity index (χ4v) is 2.54. The van der Waals surface area contributed by atoms with Crippen LogP contribution in [-0.4, -0.2) is 15.9 Å². The van der Waals surface area contributed by atoms with E-state index >= 15 is 0 Å². The predicted molar refractivity (Wildman–Crippen MR) is 71.8 cm³/mol. The topological polar surface area (TPSA) is 69.8 Å². The summed E-state index contributed by atoms with van der Waals surface area (Å²) in [6, 6.07) is 8.21. The summed E-state index contributed by atoms with van der Waals surface area (Å²) in [5, 5.41) is 0. The lowest BCUT2D eigenvalue weighted by Crippen LogP contribution is -2.48. The number of aromatic amines is 1. The molecule has 2 heterocycles. The van der Waals surface area contributed by atoms with Crippen molar-refractivity contribution < 1.29 is 4.79 Å². The summed E-state index contributed by atoms with van der Waals surface area (Å²) in [4.78, 5) is 18.8. The smallest absolute Gasteiger partial charge is 0.234 e. The molecule has 5 heteroatoms. The van der Waals surface area contributed by atoms with Crippen LogP contribution in [0.15, 0.2) is 36.7 Å². The third-order valence-electron chi connectivity index (χ3n) is 3.49. The van der Waals surface area contributed by atoms with E-state index in [1.165, 1.54) is 0 Å². The SMILES string of the molecule is CC1CC(=O)NNC1c1ccccc1-c1ncc[nH]1. The minimum absolute atomic E-state index is 0.0410. The average molecular weight is 256 g/mol. The van der Waals surface area contributed by atoms with Crippen molar-refractivity contribution >= 4 is 5.91 Å². The number of hydrogen-bond acceptors (Lipinski definition) is 3. The van der Waals surface area contributed by atoms with E-state index in [0.717, 1.165) is 17.0 Å². The molecule has 1 aliphatic heterocycles. The molecule has 1 aromatic carbocycles. The number of rotatable bonds is 2. The monoisotopic (exact) mass is 256 g/mol. The van der Waals surface area contributed by atoms with Gasteiger partial charge in [-0.15, -0.1) is 0 Å². The van der Waals surface area contributed by atoms with Crippen molar-refractivity contribution in [1.82, 2.24) is 20.8 Å². The highest BCUT2D eigenvalue weighted by Gasteiger charge is 2.28. The van der Waals surface area contributed by atoms with Gasteiger partial charge in [0.05, 0.1) is 6.04 Å². The van der Waals surface area contributed by atoms with E-state index in [1.54, 1.807) is 6.20 Å². The van der Waals surface area contributed by atoms with Gasteiger partial charge in [-0.3, -0.25) is 10.2 Å². The number of amides is 1. The van der Waals surface area contributed by atoms with Gasteiger partial charge in [0.1, 0.15) is 5.82 Å². The molecule has 0 saturated carbocycles. The molecule has 1 aromatic heterocycles. The lowest BCUT2D eigenvalue weighted by Gasteiger charge is -2.31. The lowest BCUT2D eigenvalue weighted by atomic mass is 9.88. The third kappa shape index (κ3) is 2.24. The van der Waals surface area contributed by atoms with Crippen LogP contribution in [0.3, 0.4) is 0 Å². The number of aromatic nitrogens is 2. The Morgan fingerprint density at radius 3 is 2.89 bits per heavy atom. The Morgan fingerprint density at radius 2 is 2.16 bits per heavy atom. The summed E-state index contributed by atoms with van der Waals surface area (Å²) in [5.41, 5.74) is 8.02. The van der Waals surface area contributed by atoms with Crippen LogP contribution in [0.25, 0.3) is 11.4 Å². The number of carbonyl (C=O) groups is 1. The lowest BCUT2D eigenvalue weighted by molar-refractivity contribution is -0.125. The van der Waals surface area contributed by atoms with Gasteiger partial charge < -0.3 is 4.98 Å². The Morgan fingerprint density at radius 1 is 1.32 bits per heavy atom. The first-order valence-corrected chi connectivity index (χ1v) is 6.39. The molecule has 1 aliphatic rings. The number of hydrazine groups is 1. The molecular weight excluding hydrogens is 240 g/mol. The van der Waals surface area contributed by atoms with Crippen LogP contribution in [-0.2, 0) is 4.79 Å². The molecule has 2 atom stereocenters. The minimum atomic E-state index is 0.0410. The second-order valence-corrected chi connectivity index (χ2v) is 4.88. The normalized spacial score (nSPS) is 23.1. The molecule has 1 amide bonds. The van der Waals surface area contributed by atoms with Crippen LogP contribution in [0.2, 0.25) is 0 Å². The van der Waals surface area contributed by atoms with Crippen molar-refractivity contribution in [2.45, 2.75) is 19.4 Å². The molecule has 5 nitrogen and oxygen atoms in total. The number of hydrogen-bond donors (Lipinski definition) is 3. The largest absolute Gasteiger partial charge is 0.345 e. The second-order valence-electron chi connectivity index (χ2n) is 4.88. The molecule has 98 valence electrons. The molecule has 3 rings (SSSR count). The van der Waals surface area contributed by atoms with E-state index < -0.39 is 0 Å². The molecular formula is C14H16N4O. The maximum Gasteiger partial charge on any atom is 0.234 e. The van der Waals surface area contributed by atoms with Crippen LogP contribution in [0.5, 0.6) is 0 Å². The minimum Gasteiger partial charge on any atom is -0.345 e. The standard InChI is InChI=1S/C14H16N4O/c1-9-8-12(19)17-18-13(9)10-4-2-3-5-11(10)14-15-6-7-16-14/h2-7,9,13,18H,8H2,1H3,(H,15,16)(H,17,19). The number of nitrogens with one attached hydrogen (secondary N) is 3. The first kappa shape index (κ1) is 11.9. The Hall–Kier alpha value is -2.14. The van der Waals surface area contributed by atoms with Crippen molar-refractivity contribution in [3.63, 3.8) is 0 Å². The average Bonchev–Trinajstić information content (AvgIpc) is 2.93. The molecule has 1 fully saturated rings. The Balaban J connectivity index is 1.99. The van der Waals surface area contributed by atoms with Crippen LogP contribution < -0.4 is 10.9 Å². The highest BCUT2D eigenvalue weighted by Crippen LogP contribution is 2.32. The first-order chi connectivity index (χ1) is 9.25. The zero-order valence-corrected chi connectivity index (χ0v) is 10.7. The Labute approximate surface area is 111 Å². The summed E-state index contributed by atoms with van der Waals surface area (Å²) < 4.78 is 0. The quantitative estimate of drug-likeness (QED) is 0.767. The van der Waals surface area contributed by atoms with Gasteiger partial charge in [-0.25, -0.2) is 10.4 Å². The molecule has 0 radical (unpaired) electrons. The number of imidazole rings is 1. The van der Waals surface area contributed by atoms with Crippen LogP contribution in [0, 0.1) is 5.92 Å². The number of H-pyrrole nitrogens is 1. The molecule has 19 heavy (non-hydrogen) atoms. The van der Waals surface area contributed by atoms with Crippen molar-refractivity contribution in [1.29, 1.82) is 0 Å².